The van der Waals surface area contributed by atoms with Crippen LogP contribution in [0, 0.1) is 0 Å². The Morgan fingerprint density at radius 1 is 0.902 bits per heavy atom. The zero-order chi connectivity index (χ0) is 29.2. The molecule has 1 atom stereocenters. The number of hydrogen-bond acceptors (Lipinski definition) is 8. The van der Waals surface area contributed by atoms with Gasteiger partial charge in [-0.25, -0.2) is 0 Å². The Morgan fingerprint density at radius 3 is 2.32 bits per heavy atom. The van der Waals surface area contributed by atoms with Gasteiger partial charge in [0.1, 0.15) is 11.5 Å². The van der Waals surface area contributed by atoms with Crippen molar-refractivity contribution in [2.45, 2.75) is 46.1 Å². The lowest BCUT2D eigenvalue weighted by Crippen LogP contribution is -2.42. The van der Waals surface area contributed by atoms with Crippen LogP contribution in [0.2, 0.25) is 0 Å². The van der Waals surface area contributed by atoms with Gasteiger partial charge in [-0.2, -0.15) is 0 Å². The van der Waals surface area contributed by atoms with Crippen molar-refractivity contribution in [3.8, 4) is 17.2 Å². The maximum Gasteiger partial charge on any atom is 0.295 e. The van der Waals surface area contributed by atoms with E-state index in [-0.39, 0.29) is 11.3 Å². The van der Waals surface area contributed by atoms with Gasteiger partial charge in [0.05, 0.1) is 44.6 Å². The molecule has 0 saturated carbocycles. The van der Waals surface area contributed by atoms with Crippen LogP contribution in [0.1, 0.15) is 57.2 Å². The minimum Gasteiger partial charge on any atom is -0.507 e. The predicted molar refractivity (Wildman–Crippen MR) is 157 cm³/mol. The summed E-state index contributed by atoms with van der Waals surface area (Å²) in [6, 6.07) is 11.6. The second-order valence-electron chi connectivity index (χ2n) is 10.1. The lowest BCUT2D eigenvalue weighted by molar-refractivity contribution is -0.140. The molecule has 0 radical (unpaired) electrons. The van der Waals surface area contributed by atoms with E-state index in [1.54, 1.807) is 29.2 Å². The summed E-state index contributed by atoms with van der Waals surface area (Å²) in [4.78, 5) is 30.7. The van der Waals surface area contributed by atoms with E-state index in [2.05, 4.69) is 11.8 Å². The van der Waals surface area contributed by atoms with Crippen LogP contribution < -0.4 is 14.2 Å². The molecule has 2 aliphatic heterocycles. The summed E-state index contributed by atoms with van der Waals surface area (Å²) in [5.41, 5.74) is 1.16. The van der Waals surface area contributed by atoms with Crippen molar-refractivity contribution in [3.05, 3.63) is 59.2 Å². The van der Waals surface area contributed by atoms with Crippen molar-refractivity contribution in [2.75, 3.05) is 59.2 Å². The molecule has 2 saturated heterocycles. The standard InChI is InChI=1S/C32H42N2O7/c1-4-7-8-19-41-26-14-11-24(22-27(26)40-6-3)29-28(30(35)23-9-12-25(13-10-23)39-5-2)31(36)32(37)34(29)16-15-33-17-20-38-21-18-33/h9-14,22,29,35H,4-8,15-21H2,1-3H3/b30-28+. The zero-order valence-electron chi connectivity index (χ0n) is 24.4. The quantitative estimate of drug-likeness (QED) is 0.151. The number of aliphatic hydroxyl groups is 1. The van der Waals surface area contributed by atoms with E-state index in [0.29, 0.717) is 74.5 Å². The third kappa shape index (κ3) is 7.40. The molecule has 9 nitrogen and oxygen atoms in total. The fourth-order valence-electron chi connectivity index (χ4n) is 5.18. The number of Topliss-reactive ketones (excluding diaryl/α,β-unsaturated/α-hetero) is 1. The van der Waals surface area contributed by atoms with Gasteiger partial charge in [0.2, 0.25) is 0 Å². The van der Waals surface area contributed by atoms with Crippen molar-refractivity contribution >= 4 is 17.4 Å². The van der Waals surface area contributed by atoms with Crippen molar-refractivity contribution in [3.63, 3.8) is 0 Å². The maximum absolute atomic E-state index is 13.5. The van der Waals surface area contributed by atoms with Crippen molar-refractivity contribution in [1.82, 2.24) is 9.80 Å². The molecule has 0 spiro atoms. The molecule has 0 aliphatic carbocycles. The molecular formula is C32H42N2O7. The molecular weight excluding hydrogens is 524 g/mol. The third-order valence-electron chi connectivity index (χ3n) is 7.33. The van der Waals surface area contributed by atoms with E-state index < -0.39 is 17.7 Å². The van der Waals surface area contributed by atoms with Gasteiger partial charge in [0.15, 0.2) is 11.5 Å². The number of ether oxygens (including phenoxy) is 4. The van der Waals surface area contributed by atoms with Gasteiger partial charge in [-0.15, -0.1) is 0 Å². The van der Waals surface area contributed by atoms with Gasteiger partial charge in [0.25, 0.3) is 11.7 Å². The largest absolute Gasteiger partial charge is 0.507 e. The van der Waals surface area contributed by atoms with E-state index in [4.69, 9.17) is 18.9 Å². The predicted octanol–water partition coefficient (Wildman–Crippen LogP) is 4.81. The zero-order valence-corrected chi connectivity index (χ0v) is 24.4. The average Bonchev–Trinajstić information content (AvgIpc) is 3.24. The number of aliphatic hydroxyl groups excluding tert-OH is 1. The van der Waals surface area contributed by atoms with Crippen molar-refractivity contribution < 1.29 is 33.6 Å². The number of ketones is 1. The number of nitrogens with zero attached hydrogens (tertiary/aromatic N) is 2. The van der Waals surface area contributed by atoms with Crippen LogP contribution in [0.3, 0.4) is 0 Å². The highest BCUT2D eigenvalue weighted by molar-refractivity contribution is 6.46. The van der Waals surface area contributed by atoms with Crippen LogP contribution in [-0.2, 0) is 14.3 Å². The minimum atomic E-state index is -0.782. The van der Waals surface area contributed by atoms with Gasteiger partial charge in [-0.05, 0) is 62.2 Å². The lowest BCUT2D eigenvalue weighted by atomic mass is 9.95. The molecule has 2 aromatic rings. The third-order valence-corrected chi connectivity index (χ3v) is 7.33. The highest BCUT2D eigenvalue weighted by Crippen LogP contribution is 2.42. The highest BCUT2D eigenvalue weighted by Gasteiger charge is 2.46. The first-order chi connectivity index (χ1) is 20.0. The lowest BCUT2D eigenvalue weighted by Gasteiger charge is -2.31. The summed E-state index contributed by atoms with van der Waals surface area (Å²) in [5.74, 6) is 0.255. The van der Waals surface area contributed by atoms with Crippen LogP contribution >= 0.6 is 0 Å². The normalized spacial score (nSPS) is 19.0. The summed E-state index contributed by atoms with van der Waals surface area (Å²) in [6.45, 7) is 11.2. The fraction of sp³-hybridized carbons (Fsp3) is 0.500. The van der Waals surface area contributed by atoms with Crippen LogP contribution in [0.5, 0.6) is 17.2 Å². The summed E-state index contributed by atoms with van der Waals surface area (Å²) >= 11 is 0. The number of unbranched alkanes of at least 4 members (excludes halogenated alkanes) is 2. The molecule has 2 aliphatic rings. The minimum absolute atomic E-state index is 0.0557. The summed E-state index contributed by atoms with van der Waals surface area (Å²) in [5, 5.41) is 11.4. The molecule has 1 unspecified atom stereocenters. The molecule has 2 fully saturated rings. The van der Waals surface area contributed by atoms with Crippen LogP contribution in [0.25, 0.3) is 5.76 Å². The molecule has 41 heavy (non-hydrogen) atoms. The van der Waals surface area contributed by atoms with Crippen molar-refractivity contribution in [2.24, 2.45) is 0 Å². The molecule has 1 N–H and O–H groups in total. The average molecular weight is 567 g/mol. The highest BCUT2D eigenvalue weighted by atomic mass is 16.5. The molecule has 4 rings (SSSR count). The topological polar surface area (TPSA) is 97.8 Å². The Labute approximate surface area is 242 Å². The van der Waals surface area contributed by atoms with Crippen LogP contribution in [-0.4, -0.2) is 85.8 Å². The molecule has 222 valence electrons. The van der Waals surface area contributed by atoms with Crippen molar-refractivity contribution in [1.29, 1.82) is 0 Å². The van der Waals surface area contributed by atoms with Gasteiger partial charge < -0.3 is 29.0 Å². The van der Waals surface area contributed by atoms with Gasteiger partial charge in [-0.1, -0.05) is 25.8 Å². The van der Waals surface area contributed by atoms with Crippen LogP contribution in [0.4, 0.5) is 0 Å². The first-order valence-electron chi connectivity index (χ1n) is 14.7. The van der Waals surface area contributed by atoms with E-state index in [0.717, 1.165) is 32.4 Å². The number of benzene rings is 2. The van der Waals surface area contributed by atoms with Gasteiger partial charge in [0, 0.05) is 31.7 Å². The Morgan fingerprint density at radius 2 is 1.63 bits per heavy atom. The first-order valence-corrected chi connectivity index (χ1v) is 14.7. The molecule has 2 heterocycles. The van der Waals surface area contributed by atoms with E-state index >= 15 is 0 Å². The van der Waals surface area contributed by atoms with Crippen LogP contribution in [0.15, 0.2) is 48.0 Å². The summed E-state index contributed by atoms with van der Waals surface area (Å²) in [6.07, 6.45) is 3.11. The Hall–Kier alpha value is -3.56. The molecule has 0 aromatic heterocycles. The Balaban J connectivity index is 1.72. The maximum atomic E-state index is 13.5. The Kier molecular flexibility index (Phi) is 11.0. The number of carbonyl (C=O) groups is 2. The number of amides is 1. The smallest absolute Gasteiger partial charge is 0.295 e. The van der Waals surface area contributed by atoms with E-state index in [1.165, 1.54) is 0 Å². The second-order valence-corrected chi connectivity index (χ2v) is 10.1. The molecule has 2 aromatic carbocycles. The monoisotopic (exact) mass is 566 g/mol. The first kappa shape index (κ1) is 30.4. The molecule has 9 heteroatoms. The second kappa shape index (κ2) is 14.9. The number of hydrogen-bond donors (Lipinski definition) is 1. The van der Waals surface area contributed by atoms with E-state index in [9.17, 15) is 14.7 Å². The summed E-state index contributed by atoms with van der Waals surface area (Å²) < 4.78 is 22.9. The summed E-state index contributed by atoms with van der Waals surface area (Å²) in [7, 11) is 0. The number of morpholine rings is 1. The number of likely N-dealkylation sites (tertiary alicyclic amines) is 1. The number of rotatable bonds is 14. The molecule has 1 amide bonds. The fourth-order valence-corrected chi connectivity index (χ4v) is 5.18. The van der Waals surface area contributed by atoms with Gasteiger partial charge in [-0.3, -0.25) is 14.5 Å². The Bertz CT molecular complexity index is 1210. The van der Waals surface area contributed by atoms with Gasteiger partial charge >= 0.3 is 0 Å². The van der Waals surface area contributed by atoms with E-state index in [1.807, 2.05) is 32.0 Å². The number of carbonyl (C=O) groups excluding carboxylic acids is 2. The SMILES string of the molecule is CCCCCOc1ccc(C2/C(=C(\O)c3ccc(OCC)cc3)C(=O)C(=O)N2CCN2CCOCC2)cc1OCC. The molecule has 0 bridgehead atoms.